The van der Waals surface area contributed by atoms with Crippen LogP contribution in [0.15, 0.2) is 30.3 Å². The molecule has 2 rings (SSSR count). The number of carbonyl (C=O) groups excluding carboxylic acids is 2. The molecule has 0 saturated heterocycles. The quantitative estimate of drug-likeness (QED) is 0.273. The Morgan fingerprint density at radius 2 is 1.94 bits per heavy atom. The molecule has 3 N–H and O–H groups in total. The second-order valence-corrected chi connectivity index (χ2v) is 7.49. The summed E-state index contributed by atoms with van der Waals surface area (Å²) in [6.07, 6.45) is -0.595. The number of aromatic nitrogens is 4. The second kappa shape index (κ2) is 14.3. The standard InChI is InChI=1S/C20H30N6O4.Na/c1-14(2)19(22-13-16(27)11-18(29)30)20-23-24-25-26(20)10-6-9-17(28)21-12-15-7-4-3-5-8-15;/h3-5,7-8,14,16,19,22,27H,6,9-13H2,1-2H3,(H,21,28)(H,29,30);/q;+1/p-1. The van der Waals surface area contributed by atoms with Crippen molar-refractivity contribution in [2.75, 3.05) is 6.54 Å². The van der Waals surface area contributed by atoms with Gasteiger partial charge >= 0.3 is 29.6 Å². The number of hydrogen-bond acceptors (Lipinski definition) is 8. The van der Waals surface area contributed by atoms with Crippen LogP contribution in [0.25, 0.3) is 0 Å². The number of aliphatic carboxylic acids is 1. The van der Waals surface area contributed by atoms with Crippen LogP contribution in [-0.4, -0.2) is 49.8 Å². The first-order valence-electron chi connectivity index (χ1n) is 10.0. The minimum atomic E-state index is -1.30. The Bertz CT molecular complexity index is 802. The zero-order valence-corrected chi connectivity index (χ0v) is 20.3. The smallest absolute Gasteiger partial charge is 0.550 e. The first kappa shape index (κ1) is 27.2. The molecule has 1 aromatic carbocycles. The van der Waals surface area contributed by atoms with E-state index in [1.807, 2.05) is 44.2 Å². The van der Waals surface area contributed by atoms with E-state index in [1.165, 1.54) is 0 Å². The van der Waals surface area contributed by atoms with E-state index >= 15 is 0 Å². The number of hydrogen-bond donors (Lipinski definition) is 3. The Hall–Kier alpha value is -1.85. The van der Waals surface area contributed by atoms with E-state index in [0.717, 1.165) is 5.56 Å². The molecular weight excluding hydrogens is 411 g/mol. The predicted molar refractivity (Wildman–Crippen MR) is 107 cm³/mol. The van der Waals surface area contributed by atoms with E-state index < -0.39 is 18.5 Å². The molecule has 0 aliphatic heterocycles. The van der Waals surface area contributed by atoms with Crippen molar-refractivity contribution in [1.82, 2.24) is 30.8 Å². The molecule has 2 unspecified atom stereocenters. The molecule has 31 heavy (non-hydrogen) atoms. The van der Waals surface area contributed by atoms with Crippen molar-refractivity contribution in [3.8, 4) is 0 Å². The number of aliphatic hydroxyl groups is 1. The van der Waals surface area contributed by atoms with Gasteiger partial charge in [-0.2, -0.15) is 0 Å². The summed E-state index contributed by atoms with van der Waals surface area (Å²) in [5.41, 5.74) is 1.04. The van der Waals surface area contributed by atoms with Crippen LogP contribution >= 0.6 is 0 Å². The number of nitrogens with zero attached hydrogens (tertiary/aromatic N) is 4. The van der Waals surface area contributed by atoms with Crippen molar-refractivity contribution in [2.45, 2.75) is 58.3 Å². The maximum atomic E-state index is 12.1. The minimum Gasteiger partial charge on any atom is -0.550 e. The van der Waals surface area contributed by atoms with Gasteiger partial charge < -0.3 is 25.6 Å². The molecule has 0 aliphatic carbocycles. The van der Waals surface area contributed by atoms with Crippen molar-refractivity contribution >= 4 is 11.9 Å². The van der Waals surface area contributed by atoms with Crippen molar-refractivity contribution in [3.63, 3.8) is 0 Å². The number of amides is 1. The average Bonchev–Trinajstić information content (AvgIpc) is 3.14. The average molecular weight is 440 g/mol. The van der Waals surface area contributed by atoms with Crippen molar-refractivity contribution in [3.05, 3.63) is 41.7 Å². The molecule has 1 heterocycles. The normalized spacial score (nSPS) is 12.8. The van der Waals surface area contributed by atoms with Crippen molar-refractivity contribution < 1.29 is 49.4 Å². The predicted octanol–water partition coefficient (Wildman–Crippen LogP) is -3.44. The second-order valence-electron chi connectivity index (χ2n) is 7.49. The number of tetrazole rings is 1. The summed E-state index contributed by atoms with van der Waals surface area (Å²) in [6, 6.07) is 9.42. The van der Waals surface area contributed by atoms with E-state index in [1.54, 1.807) is 4.68 Å². The molecule has 11 heteroatoms. The molecule has 2 atom stereocenters. The van der Waals surface area contributed by atoms with Gasteiger partial charge in [0.05, 0.1) is 12.1 Å². The summed E-state index contributed by atoms with van der Waals surface area (Å²) in [6.45, 7) is 4.97. The molecule has 0 spiro atoms. The van der Waals surface area contributed by atoms with Gasteiger partial charge in [0, 0.05) is 38.4 Å². The van der Waals surface area contributed by atoms with Crippen LogP contribution in [0.4, 0.5) is 0 Å². The van der Waals surface area contributed by atoms with Gasteiger partial charge in [0.15, 0.2) is 5.82 Å². The summed E-state index contributed by atoms with van der Waals surface area (Å²) in [4.78, 5) is 22.7. The zero-order valence-electron chi connectivity index (χ0n) is 18.3. The molecule has 10 nitrogen and oxygen atoms in total. The fraction of sp³-hybridized carbons (Fsp3) is 0.550. The Labute approximate surface area is 204 Å². The van der Waals surface area contributed by atoms with Crippen molar-refractivity contribution in [1.29, 1.82) is 0 Å². The Kier molecular flexibility index (Phi) is 12.5. The van der Waals surface area contributed by atoms with Crippen LogP contribution in [0.3, 0.4) is 0 Å². The van der Waals surface area contributed by atoms with Gasteiger partial charge in [-0.15, -0.1) is 5.10 Å². The number of rotatable bonds is 13. The number of carbonyl (C=O) groups is 2. The van der Waals surface area contributed by atoms with Gasteiger partial charge in [0.25, 0.3) is 0 Å². The van der Waals surface area contributed by atoms with Crippen LogP contribution in [0.2, 0.25) is 0 Å². The number of aliphatic hydroxyl groups excluding tert-OH is 1. The number of carboxylic acid groups (broad SMARTS) is 1. The van der Waals surface area contributed by atoms with E-state index in [2.05, 4.69) is 26.2 Å². The number of aryl methyl sites for hydroxylation is 1. The first-order chi connectivity index (χ1) is 14.4. The third-order valence-corrected chi connectivity index (χ3v) is 4.59. The molecule has 0 saturated carbocycles. The summed E-state index contributed by atoms with van der Waals surface area (Å²) >= 11 is 0. The number of benzene rings is 1. The number of carboxylic acids is 1. The van der Waals surface area contributed by atoms with Gasteiger partial charge in [0.2, 0.25) is 5.91 Å². The zero-order chi connectivity index (χ0) is 21.9. The summed E-state index contributed by atoms with van der Waals surface area (Å²) < 4.78 is 1.63. The summed E-state index contributed by atoms with van der Waals surface area (Å²) in [5.74, 6) is -0.674. The largest absolute Gasteiger partial charge is 1.00 e. The fourth-order valence-electron chi connectivity index (χ4n) is 3.02. The molecule has 1 amide bonds. The van der Waals surface area contributed by atoms with E-state index in [0.29, 0.717) is 31.8 Å². The van der Waals surface area contributed by atoms with Crippen molar-refractivity contribution in [2.24, 2.45) is 5.92 Å². The van der Waals surface area contributed by atoms with E-state index in [9.17, 15) is 19.8 Å². The SMILES string of the molecule is CC(C)C(NCC(O)CC(=O)[O-])c1nnnn1CCCC(=O)NCc1ccccc1.[Na+]. The third kappa shape index (κ3) is 9.88. The summed E-state index contributed by atoms with van der Waals surface area (Å²) in [5, 5.41) is 38.2. The monoisotopic (exact) mass is 440 g/mol. The summed E-state index contributed by atoms with van der Waals surface area (Å²) in [7, 11) is 0. The van der Waals surface area contributed by atoms with Gasteiger partial charge in [-0.05, 0) is 28.3 Å². The first-order valence-corrected chi connectivity index (χ1v) is 10.0. The Morgan fingerprint density at radius 1 is 1.23 bits per heavy atom. The minimum absolute atomic E-state index is 0. The van der Waals surface area contributed by atoms with Gasteiger partial charge in [-0.1, -0.05) is 44.2 Å². The Balaban J connectivity index is 0.00000480. The number of nitrogens with one attached hydrogen (secondary N) is 2. The maximum Gasteiger partial charge on any atom is 1.00 e. The molecule has 2 aromatic rings. The topological polar surface area (TPSA) is 145 Å². The molecule has 0 fully saturated rings. The van der Waals surface area contributed by atoms with E-state index in [4.69, 9.17) is 0 Å². The van der Waals surface area contributed by atoms with Crippen LogP contribution in [0.5, 0.6) is 0 Å². The molecule has 0 aliphatic rings. The van der Waals surface area contributed by atoms with Gasteiger partial charge in [0.1, 0.15) is 0 Å². The fourth-order valence-corrected chi connectivity index (χ4v) is 3.02. The van der Waals surface area contributed by atoms with E-state index in [-0.39, 0.29) is 54.0 Å². The van der Waals surface area contributed by atoms with Crippen LogP contribution in [0.1, 0.15) is 50.5 Å². The van der Waals surface area contributed by atoms with Crippen LogP contribution < -0.4 is 45.3 Å². The van der Waals surface area contributed by atoms with Crippen LogP contribution in [0, 0.1) is 5.92 Å². The molecule has 1 aromatic heterocycles. The Morgan fingerprint density at radius 3 is 2.58 bits per heavy atom. The van der Waals surface area contributed by atoms with Crippen LogP contribution in [-0.2, 0) is 22.7 Å². The molecule has 164 valence electrons. The van der Waals surface area contributed by atoms with Gasteiger partial charge in [-0.3, -0.25) is 4.79 Å². The molecular formula is C20H29N6NaO4. The third-order valence-electron chi connectivity index (χ3n) is 4.59. The molecule has 0 radical (unpaired) electrons. The molecule has 0 bridgehead atoms. The maximum absolute atomic E-state index is 12.1. The van der Waals surface area contributed by atoms with Gasteiger partial charge in [-0.25, -0.2) is 4.68 Å².